The maximum atomic E-state index is 12.4. The molecule has 0 heterocycles. The maximum Gasteiger partial charge on any atom is 0.255 e. The van der Waals surface area contributed by atoms with E-state index in [2.05, 4.69) is 12.2 Å². The van der Waals surface area contributed by atoms with Crippen molar-refractivity contribution in [3.05, 3.63) is 59.7 Å². The molecule has 1 N–H and O–H groups in total. The van der Waals surface area contributed by atoms with Gasteiger partial charge < -0.3 is 5.32 Å². The molecule has 0 fully saturated rings. The van der Waals surface area contributed by atoms with E-state index in [-0.39, 0.29) is 11.7 Å². The molecule has 6 heteroatoms. The van der Waals surface area contributed by atoms with Gasteiger partial charge in [0.25, 0.3) is 5.91 Å². The third kappa shape index (κ3) is 5.08. The lowest BCUT2D eigenvalue weighted by Crippen LogP contribution is -2.28. The van der Waals surface area contributed by atoms with Crippen molar-refractivity contribution in [2.75, 3.05) is 22.4 Å². The number of nitrogens with one attached hydrogen (secondary N) is 1. The van der Waals surface area contributed by atoms with Gasteiger partial charge in [-0.3, -0.25) is 9.10 Å². The Morgan fingerprint density at radius 3 is 2.15 bits per heavy atom. The van der Waals surface area contributed by atoms with Crippen molar-refractivity contribution in [1.82, 2.24) is 0 Å². The van der Waals surface area contributed by atoms with E-state index in [1.54, 1.807) is 31.2 Å². The predicted octanol–water partition coefficient (Wildman–Crippen LogP) is 4.07. The number of sulfonamides is 1. The molecule has 26 heavy (non-hydrogen) atoms. The summed E-state index contributed by atoms with van der Waals surface area (Å²) in [5.41, 5.74) is 3.01. The molecule has 0 unspecified atom stereocenters. The second-order valence-corrected chi connectivity index (χ2v) is 8.46. The fraction of sp³-hybridized carbons (Fsp3) is 0.350. The molecule has 0 aliphatic heterocycles. The number of unbranched alkanes of at least 4 members (excludes halogenated alkanes) is 1. The van der Waals surface area contributed by atoms with Crippen LogP contribution in [0.1, 0.15) is 42.6 Å². The first-order valence-electron chi connectivity index (χ1n) is 8.84. The normalized spacial score (nSPS) is 11.2. The van der Waals surface area contributed by atoms with Gasteiger partial charge in [0, 0.05) is 18.3 Å². The van der Waals surface area contributed by atoms with Crippen LogP contribution in [0.5, 0.6) is 0 Å². The van der Waals surface area contributed by atoms with Crippen LogP contribution in [0.3, 0.4) is 0 Å². The number of aryl methyl sites for hydroxylation is 1. The van der Waals surface area contributed by atoms with Crippen LogP contribution in [0.15, 0.2) is 48.5 Å². The zero-order chi connectivity index (χ0) is 19.2. The number of carbonyl (C=O) groups is 1. The van der Waals surface area contributed by atoms with Gasteiger partial charge in [0.15, 0.2) is 0 Å². The Morgan fingerprint density at radius 1 is 1.00 bits per heavy atom. The number of hydrogen-bond acceptors (Lipinski definition) is 3. The van der Waals surface area contributed by atoms with Gasteiger partial charge in [-0.15, -0.1) is 0 Å². The highest BCUT2D eigenvalue weighted by atomic mass is 32.2. The van der Waals surface area contributed by atoms with E-state index in [1.165, 1.54) is 16.9 Å². The van der Waals surface area contributed by atoms with Crippen LogP contribution in [-0.4, -0.2) is 27.1 Å². The average molecular weight is 375 g/mol. The van der Waals surface area contributed by atoms with Crippen LogP contribution in [0.2, 0.25) is 0 Å². The number of nitrogens with zero attached hydrogens (tertiary/aromatic N) is 1. The van der Waals surface area contributed by atoms with Gasteiger partial charge in [-0.05, 0) is 61.7 Å². The first-order chi connectivity index (χ1) is 12.4. The quantitative estimate of drug-likeness (QED) is 0.757. The lowest BCUT2D eigenvalue weighted by molar-refractivity contribution is 0.102. The zero-order valence-electron chi connectivity index (χ0n) is 15.5. The Balaban J connectivity index is 2.04. The van der Waals surface area contributed by atoms with Gasteiger partial charge in [-0.2, -0.15) is 0 Å². The molecule has 0 aliphatic carbocycles. The molecule has 5 nitrogen and oxygen atoms in total. The molecule has 1 amide bonds. The van der Waals surface area contributed by atoms with E-state index in [0.29, 0.717) is 11.3 Å². The van der Waals surface area contributed by atoms with Crippen LogP contribution in [0.25, 0.3) is 0 Å². The minimum atomic E-state index is -3.31. The Kier molecular flexibility index (Phi) is 6.80. The van der Waals surface area contributed by atoms with Crippen LogP contribution < -0.4 is 9.62 Å². The molecule has 2 rings (SSSR count). The van der Waals surface area contributed by atoms with E-state index in [4.69, 9.17) is 0 Å². The molecule has 0 aliphatic rings. The minimum absolute atomic E-state index is 0.0278. The number of carbonyl (C=O) groups excluding carboxylic acids is 1. The standard InChI is InChI=1S/C20H26N2O3S/c1-4-6-7-16-8-12-18(13-9-16)21-20(23)17-10-14-19(15-11-17)22(3)26(24,25)5-2/h8-15H,4-7H2,1-3H3,(H,21,23). The van der Waals surface area contributed by atoms with E-state index < -0.39 is 10.0 Å². The number of rotatable bonds is 8. The molecule has 0 bridgehead atoms. The lowest BCUT2D eigenvalue weighted by Gasteiger charge is -2.18. The molecule has 0 spiro atoms. The molecule has 0 saturated carbocycles. The Bertz CT molecular complexity index is 828. The highest BCUT2D eigenvalue weighted by molar-refractivity contribution is 7.92. The molecule has 0 aromatic heterocycles. The van der Waals surface area contributed by atoms with Gasteiger partial charge in [0.2, 0.25) is 10.0 Å². The molecule has 2 aromatic rings. The number of benzene rings is 2. The topological polar surface area (TPSA) is 66.5 Å². The van der Waals surface area contributed by atoms with Crippen LogP contribution >= 0.6 is 0 Å². The van der Waals surface area contributed by atoms with Crippen molar-refractivity contribution >= 4 is 27.3 Å². The van der Waals surface area contributed by atoms with E-state index in [0.717, 1.165) is 24.9 Å². The molecule has 140 valence electrons. The maximum absolute atomic E-state index is 12.4. The molecular weight excluding hydrogens is 348 g/mol. The number of amides is 1. The van der Waals surface area contributed by atoms with Gasteiger partial charge >= 0.3 is 0 Å². The summed E-state index contributed by atoms with van der Waals surface area (Å²) in [5, 5.41) is 2.86. The first-order valence-corrected chi connectivity index (χ1v) is 10.4. The molecule has 2 aromatic carbocycles. The second-order valence-electron chi connectivity index (χ2n) is 6.17. The fourth-order valence-corrected chi connectivity index (χ4v) is 3.35. The van der Waals surface area contributed by atoms with Gasteiger partial charge in [-0.25, -0.2) is 8.42 Å². The van der Waals surface area contributed by atoms with Gasteiger partial charge in [-0.1, -0.05) is 25.5 Å². The summed E-state index contributed by atoms with van der Waals surface area (Å²) in [6.07, 6.45) is 3.35. The average Bonchev–Trinajstić information content (AvgIpc) is 2.67. The number of anilines is 2. The summed E-state index contributed by atoms with van der Waals surface area (Å²) in [4.78, 5) is 12.4. The highest BCUT2D eigenvalue weighted by Gasteiger charge is 2.16. The Hall–Kier alpha value is -2.34. The first kappa shape index (κ1) is 20.0. The highest BCUT2D eigenvalue weighted by Crippen LogP contribution is 2.18. The molecular formula is C20H26N2O3S. The predicted molar refractivity (Wildman–Crippen MR) is 107 cm³/mol. The third-order valence-corrected chi connectivity index (χ3v) is 6.08. The van der Waals surface area contributed by atoms with Crippen molar-refractivity contribution in [1.29, 1.82) is 0 Å². The zero-order valence-corrected chi connectivity index (χ0v) is 16.3. The monoisotopic (exact) mass is 374 g/mol. The van der Waals surface area contributed by atoms with E-state index in [1.807, 2.05) is 24.3 Å². The summed E-state index contributed by atoms with van der Waals surface area (Å²) in [6.45, 7) is 3.76. The summed E-state index contributed by atoms with van der Waals surface area (Å²) >= 11 is 0. The largest absolute Gasteiger partial charge is 0.322 e. The van der Waals surface area contributed by atoms with Crippen molar-refractivity contribution in [2.24, 2.45) is 0 Å². The Labute approximate surface area is 156 Å². The molecule has 0 atom stereocenters. The van der Waals surface area contributed by atoms with E-state index >= 15 is 0 Å². The van der Waals surface area contributed by atoms with Crippen LogP contribution in [-0.2, 0) is 16.4 Å². The minimum Gasteiger partial charge on any atom is -0.322 e. The van der Waals surface area contributed by atoms with Crippen LogP contribution in [0.4, 0.5) is 11.4 Å². The van der Waals surface area contributed by atoms with Crippen molar-refractivity contribution in [3.8, 4) is 0 Å². The SMILES string of the molecule is CCCCc1ccc(NC(=O)c2ccc(N(C)S(=O)(=O)CC)cc2)cc1. The van der Waals surface area contributed by atoms with Crippen molar-refractivity contribution in [2.45, 2.75) is 33.1 Å². The van der Waals surface area contributed by atoms with Crippen LogP contribution in [0, 0.1) is 0 Å². The third-order valence-electron chi connectivity index (χ3n) is 4.31. The summed E-state index contributed by atoms with van der Waals surface area (Å²) in [6, 6.07) is 14.4. The number of hydrogen-bond donors (Lipinski definition) is 1. The fourth-order valence-electron chi connectivity index (χ4n) is 2.52. The van der Waals surface area contributed by atoms with Crippen molar-refractivity contribution in [3.63, 3.8) is 0 Å². The summed E-state index contributed by atoms with van der Waals surface area (Å²) < 4.78 is 25.0. The molecule has 0 radical (unpaired) electrons. The lowest BCUT2D eigenvalue weighted by atomic mass is 10.1. The van der Waals surface area contributed by atoms with Gasteiger partial charge in [0.05, 0.1) is 11.4 Å². The Morgan fingerprint density at radius 2 is 1.62 bits per heavy atom. The van der Waals surface area contributed by atoms with Gasteiger partial charge in [0.1, 0.15) is 0 Å². The summed E-state index contributed by atoms with van der Waals surface area (Å²) in [7, 11) is -1.80. The molecule has 0 saturated heterocycles. The van der Waals surface area contributed by atoms with E-state index in [9.17, 15) is 13.2 Å². The smallest absolute Gasteiger partial charge is 0.255 e. The second kappa shape index (κ2) is 8.85. The summed E-state index contributed by atoms with van der Waals surface area (Å²) in [5.74, 6) is -0.196. The van der Waals surface area contributed by atoms with Crippen molar-refractivity contribution < 1.29 is 13.2 Å².